The molecule has 0 saturated carbocycles. The second-order valence-corrected chi connectivity index (χ2v) is 8.97. The average Bonchev–Trinajstić information content (AvgIpc) is 2.96. The molecule has 1 saturated heterocycles. The maximum atomic E-state index is 12.4. The number of hydrogen-bond acceptors (Lipinski definition) is 3. The minimum atomic E-state index is -3.45. The fourth-order valence-corrected chi connectivity index (χ4v) is 5.13. The van der Waals surface area contributed by atoms with Crippen molar-refractivity contribution in [2.75, 3.05) is 26.3 Å². The summed E-state index contributed by atoms with van der Waals surface area (Å²) in [5.41, 5.74) is 4.96. The van der Waals surface area contributed by atoms with E-state index in [1.807, 2.05) is 6.07 Å². The van der Waals surface area contributed by atoms with Gasteiger partial charge < -0.3 is 9.72 Å². The lowest BCUT2D eigenvalue weighted by atomic mass is 9.96. The number of aromatic amines is 1. The maximum absolute atomic E-state index is 12.4. The molecule has 6 nitrogen and oxygen atoms in total. The molecule has 0 spiro atoms. The number of nitrogens with zero attached hydrogens (tertiary/aromatic N) is 1. The summed E-state index contributed by atoms with van der Waals surface area (Å²) in [4.78, 5) is 3.57. The van der Waals surface area contributed by atoms with E-state index in [1.165, 1.54) is 46.6 Å². The number of H-pyrrole nitrogens is 1. The molecule has 0 amide bonds. The fraction of sp³-hybridized carbons (Fsp3) is 0.579. The molecule has 1 fully saturated rings. The van der Waals surface area contributed by atoms with Crippen LogP contribution in [0.3, 0.4) is 0 Å². The molecule has 0 radical (unpaired) electrons. The van der Waals surface area contributed by atoms with Crippen molar-refractivity contribution in [3.05, 3.63) is 35.0 Å². The molecule has 1 aliphatic heterocycles. The van der Waals surface area contributed by atoms with Crippen molar-refractivity contribution in [2.45, 2.75) is 45.1 Å². The number of morpholine rings is 1. The number of fused-ring (bicyclic) bond motifs is 3. The summed E-state index contributed by atoms with van der Waals surface area (Å²) in [6.07, 6.45) is 7.30. The molecule has 2 heterocycles. The summed E-state index contributed by atoms with van der Waals surface area (Å²) in [6.45, 7) is 2.07. The Morgan fingerprint density at radius 1 is 1.08 bits per heavy atom. The van der Waals surface area contributed by atoms with Gasteiger partial charge >= 0.3 is 0 Å². The zero-order valence-electron chi connectivity index (χ0n) is 15.1. The quantitative estimate of drug-likeness (QED) is 0.860. The van der Waals surface area contributed by atoms with E-state index in [-0.39, 0.29) is 0 Å². The third kappa shape index (κ3) is 3.81. The molecular weight excluding hydrogens is 350 g/mol. The third-order valence-electron chi connectivity index (χ3n) is 5.43. The van der Waals surface area contributed by atoms with Crippen molar-refractivity contribution < 1.29 is 13.2 Å². The van der Waals surface area contributed by atoms with Crippen molar-refractivity contribution in [1.82, 2.24) is 14.0 Å². The van der Waals surface area contributed by atoms with Crippen molar-refractivity contribution in [1.29, 1.82) is 0 Å². The van der Waals surface area contributed by atoms with Crippen molar-refractivity contribution >= 4 is 21.1 Å². The van der Waals surface area contributed by atoms with Crippen molar-refractivity contribution in [3.63, 3.8) is 0 Å². The Bertz CT molecular complexity index is 870. The zero-order chi connectivity index (χ0) is 18.0. The van der Waals surface area contributed by atoms with E-state index < -0.39 is 10.2 Å². The third-order valence-corrected chi connectivity index (χ3v) is 6.99. The van der Waals surface area contributed by atoms with Gasteiger partial charge in [-0.2, -0.15) is 17.4 Å². The minimum Gasteiger partial charge on any atom is -0.379 e. The molecular formula is C19H27N3O3S. The molecule has 1 aliphatic carbocycles. The average molecular weight is 378 g/mol. The SMILES string of the molecule is O=S(=O)(NCc1ccc2[nH]c3c(c2c1)CCCCCC3)N1CCOCC1. The molecule has 0 atom stereocenters. The molecule has 2 aromatic rings. The highest BCUT2D eigenvalue weighted by Gasteiger charge is 2.23. The largest absolute Gasteiger partial charge is 0.379 e. The Hall–Kier alpha value is -1.41. The summed E-state index contributed by atoms with van der Waals surface area (Å²) in [5, 5.41) is 1.25. The summed E-state index contributed by atoms with van der Waals surface area (Å²) >= 11 is 0. The van der Waals surface area contributed by atoms with Gasteiger partial charge in [-0.05, 0) is 48.9 Å². The first kappa shape index (κ1) is 18.0. The van der Waals surface area contributed by atoms with E-state index in [1.54, 1.807) is 0 Å². The van der Waals surface area contributed by atoms with Gasteiger partial charge in [0.15, 0.2) is 0 Å². The van der Waals surface area contributed by atoms with Crippen LogP contribution in [0.2, 0.25) is 0 Å². The van der Waals surface area contributed by atoms with Gasteiger partial charge in [0, 0.05) is 36.2 Å². The number of hydrogen-bond donors (Lipinski definition) is 2. The van der Waals surface area contributed by atoms with Crippen LogP contribution in [0.1, 0.15) is 42.5 Å². The predicted molar refractivity (Wildman–Crippen MR) is 102 cm³/mol. The number of nitrogens with one attached hydrogen (secondary N) is 2. The Morgan fingerprint density at radius 2 is 1.85 bits per heavy atom. The van der Waals surface area contributed by atoms with Gasteiger partial charge in [-0.15, -0.1) is 0 Å². The van der Waals surface area contributed by atoms with Crippen LogP contribution >= 0.6 is 0 Å². The number of rotatable bonds is 4. The lowest BCUT2D eigenvalue weighted by molar-refractivity contribution is 0.0725. The van der Waals surface area contributed by atoms with Crippen LogP contribution in [-0.4, -0.2) is 44.0 Å². The molecule has 1 aromatic heterocycles. The summed E-state index contributed by atoms with van der Waals surface area (Å²) in [6, 6.07) is 6.24. The van der Waals surface area contributed by atoms with Crippen LogP contribution in [0.15, 0.2) is 18.2 Å². The van der Waals surface area contributed by atoms with Crippen LogP contribution in [0.5, 0.6) is 0 Å². The molecule has 2 N–H and O–H groups in total. The molecule has 2 aliphatic rings. The Kier molecular flexibility index (Phi) is 5.31. The lowest BCUT2D eigenvalue weighted by Crippen LogP contribution is -2.46. The van der Waals surface area contributed by atoms with Gasteiger partial charge in [0.05, 0.1) is 13.2 Å². The van der Waals surface area contributed by atoms with Crippen LogP contribution < -0.4 is 4.72 Å². The van der Waals surface area contributed by atoms with E-state index in [2.05, 4.69) is 21.8 Å². The highest BCUT2D eigenvalue weighted by atomic mass is 32.2. The Labute approximate surface area is 155 Å². The molecule has 1 aromatic carbocycles. The Morgan fingerprint density at radius 3 is 2.65 bits per heavy atom. The highest BCUT2D eigenvalue weighted by molar-refractivity contribution is 7.87. The molecule has 0 unspecified atom stereocenters. The van der Waals surface area contributed by atoms with Gasteiger partial charge in [-0.25, -0.2) is 0 Å². The van der Waals surface area contributed by atoms with Gasteiger partial charge in [-0.1, -0.05) is 18.9 Å². The van der Waals surface area contributed by atoms with E-state index in [0.717, 1.165) is 23.9 Å². The molecule has 7 heteroatoms. The van der Waals surface area contributed by atoms with E-state index in [4.69, 9.17) is 4.74 Å². The zero-order valence-corrected chi connectivity index (χ0v) is 15.9. The smallest absolute Gasteiger partial charge is 0.279 e. The molecule has 0 bridgehead atoms. The highest BCUT2D eigenvalue weighted by Crippen LogP contribution is 2.28. The lowest BCUT2D eigenvalue weighted by Gasteiger charge is -2.26. The van der Waals surface area contributed by atoms with E-state index in [0.29, 0.717) is 32.8 Å². The van der Waals surface area contributed by atoms with Crippen molar-refractivity contribution in [2.24, 2.45) is 0 Å². The summed E-state index contributed by atoms with van der Waals surface area (Å²) in [7, 11) is -3.45. The van der Waals surface area contributed by atoms with Crippen LogP contribution in [0.25, 0.3) is 10.9 Å². The summed E-state index contributed by atoms with van der Waals surface area (Å²) in [5.74, 6) is 0. The first-order chi connectivity index (χ1) is 12.6. The monoisotopic (exact) mass is 377 g/mol. The number of benzene rings is 1. The topological polar surface area (TPSA) is 74.4 Å². The van der Waals surface area contributed by atoms with Gasteiger partial charge in [-0.3, -0.25) is 0 Å². The maximum Gasteiger partial charge on any atom is 0.279 e. The number of ether oxygens (including phenoxy) is 1. The number of aromatic nitrogens is 1. The molecule has 26 heavy (non-hydrogen) atoms. The molecule has 142 valence electrons. The Balaban J connectivity index is 1.52. The second-order valence-electron chi connectivity index (χ2n) is 7.21. The summed E-state index contributed by atoms with van der Waals surface area (Å²) < 4.78 is 34.3. The van der Waals surface area contributed by atoms with E-state index >= 15 is 0 Å². The van der Waals surface area contributed by atoms with Crippen LogP contribution in [-0.2, 0) is 34.3 Å². The van der Waals surface area contributed by atoms with Gasteiger partial charge in [0.1, 0.15) is 0 Å². The van der Waals surface area contributed by atoms with Crippen LogP contribution in [0.4, 0.5) is 0 Å². The second kappa shape index (κ2) is 7.68. The predicted octanol–water partition coefficient (Wildman–Crippen LogP) is 2.49. The van der Waals surface area contributed by atoms with Gasteiger partial charge in [0.25, 0.3) is 10.2 Å². The fourth-order valence-electron chi connectivity index (χ4n) is 3.97. The van der Waals surface area contributed by atoms with Crippen LogP contribution in [0, 0.1) is 0 Å². The van der Waals surface area contributed by atoms with Crippen molar-refractivity contribution in [3.8, 4) is 0 Å². The number of aryl methyl sites for hydroxylation is 2. The minimum absolute atomic E-state index is 0.315. The van der Waals surface area contributed by atoms with Gasteiger partial charge in [0.2, 0.25) is 0 Å². The standard InChI is InChI=1S/C19H27N3O3S/c23-26(24,22-9-11-25-12-10-22)20-14-15-7-8-19-17(13-15)16-5-3-1-2-4-6-18(16)21-19/h7-8,13,20-21H,1-6,9-12,14H2. The van der Waals surface area contributed by atoms with E-state index in [9.17, 15) is 8.42 Å². The first-order valence-corrected chi connectivity index (χ1v) is 11.0. The molecule has 4 rings (SSSR count). The first-order valence-electron chi connectivity index (χ1n) is 9.58. The normalized spacial score (nSPS) is 19.8.